The van der Waals surface area contributed by atoms with Gasteiger partial charge in [0.1, 0.15) is 12.2 Å². The van der Waals surface area contributed by atoms with E-state index in [-0.39, 0.29) is 24.4 Å². The van der Waals surface area contributed by atoms with E-state index in [1.807, 2.05) is 12.1 Å². The van der Waals surface area contributed by atoms with Crippen molar-refractivity contribution in [3.8, 4) is 0 Å². The normalized spacial score (nSPS) is 33.5. The van der Waals surface area contributed by atoms with Crippen molar-refractivity contribution >= 4 is 45.2 Å². The molecule has 0 bridgehead atoms. The van der Waals surface area contributed by atoms with Gasteiger partial charge in [0.05, 0.1) is 12.2 Å². The molecule has 2 aromatic rings. The van der Waals surface area contributed by atoms with Crippen LogP contribution in [0.5, 0.6) is 0 Å². The smallest absolute Gasteiger partial charge is 0.169 e. The Hall–Kier alpha value is -0.220. The number of benzene rings is 2. The molecule has 3 nitrogen and oxygen atoms in total. The maximum Gasteiger partial charge on any atom is 0.169 e. The average molecular weight is 604 g/mol. The predicted molar refractivity (Wildman–Crippen MR) is 128 cm³/mol. The lowest BCUT2D eigenvalue weighted by molar-refractivity contribution is -0.287. The molecule has 2 aromatic carbocycles. The van der Waals surface area contributed by atoms with Crippen LogP contribution >= 0.6 is 45.2 Å². The highest BCUT2D eigenvalue weighted by Gasteiger charge is 2.46. The number of alkyl halides is 2. The summed E-state index contributed by atoms with van der Waals surface area (Å²) in [6, 6.07) is 21.0. The highest BCUT2D eigenvalue weighted by molar-refractivity contribution is 14.1. The standard InChI is InChI=1S/C23H26I2O3/c24-15-19-11-13-23(14-12-20(16-25)27-23)28-22(18-9-5-2-6-10-18)21(26-19)17-7-3-1-4-8-17/h1-10,19-22H,11-16H2/t19-,20+,21-,22-,23+/m1/s1. The first-order valence-electron chi connectivity index (χ1n) is 9.96. The lowest BCUT2D eigenvalue weighted by atomic mass is 9.94. The van der Waals surface area contributed by atoms with Crippen LogP contribution in [0.4, 0.5) is 0 Å². The van der Waals surface area contributed by atoms with Gasteiger partial charge in [0, 0.05) is 21.7 Å². The van der Waals surface area contributed by atoms with Crippen LogP contribution in [0.3, 0.4) is 0 Å². The van der Waals surface area contributed by atoms with Gasteiger partial charge in [0.25, 0.3) is 0 Å². The molecule has 0 saturated carbocycles. The molecule has 28 heavy (non-hydrogen) atoms. The highest BCUT2D eigenvalue weighted by Crippen LogP contribution is 2.47. The molecule has 2 aliphatic heterocycles. The van der Waals surface area contributed by atoms with Crippen LogP contribution in [0.2, 0.25) is 0 Å². The predicted octanol–water partition coefficient (Wildman–Crippen LogP) is 6.41. The Kier molecular flexibility index (Phi) is 7.30. The van der Waals surface area contributed by atoms with E-state index in [9.17, 15) is 0 Å². The monoisotopic (exact) mass is 604 g/mol. The van der Waals surface area contributed by atoms with E-state index in [1.165, 1.54) is 0 Å². The molecule has 2 saturated heterocycles. The van der Waals surface area contributed by atoms with Gasteiger partial charge in [-0.05, 0) is 24.0 Å². The summed E-state index contributed by atoms with van der Waals surface area (Å²) in [6.45, 7) is 0. The summed E-state index contributed by atoms with van der Waals surface area (Å²) in [6.07, 6.45) is 4.01. The summed E-state index contributed by atoms with van der Waals surface area (Å²) in [5.41, 5.74) is 2.30. The quantitative estimate of drug-likeness (QED) is 0.299. The van der Waals surface area contributed by atoms with Crippen molar-refractivity contribution in [2.75, 3.05) is 8.86 Å². The third-order valence-corrected chi connectivity index (χ3v) is 7.60. The Morgan fingerprint density at radius 1 is 0.714 bits per heavy atom. The van der Waals surface area contributed by atoms with E-state index in [4.69, 9.17) is 14.2 Å². The van der Waals surface area contributed by atoms with Crippen molar-refractivity contribution in [2.24, 2.45) is 0 Å². The van der Waals surface area contributed by atoms with Gasteiger partial charge >= 0.3 is 0 Å². The van der Waals surface area contributed by atoms with E-state index in [1.54, 1.807) is 0 Å². The Labute approximate surface area is 194 Å². The van der Waals surface area contributed by atoms with Crippen LogP contribution in [-0.4, -0.2) is 26.9 Å². The summed E-state index contributed by atoms with van der Waals surface area (Å²) in [5.74, 6) is -0.503. The maximum absolute atomic E-state index is 6.86. The van der Waals surface area contributed by atoms with Crippen LogP contribution in [0.1, 0.15) is 49.0 Å². The molecule has 0 aromatic heterocycles. The van der Waals surface area contributed by atoms with Crippen molar-refractivity contribution in [1.82, 2.24) is 0 Å². The zero-order valence-electron chi connectivity index (χ0n) is 15.8. The second kappa shape index (κ2) is 9.73. The van der Waals surface area contributed by atoms with Crippen molar-refractivity contribution in [3.05, 3.63) is 71.8 Å². The molecular weight excluding hydrogens is 578 g/mol. The Morgan fingerprint density at radius 2 is 1.25 bits per heavy atom. The molecule has 0 amide bonds. The fourth-order valence-corrected chi connectivity index (χ4v) is 5.42. The van der Waals surface area contributed by atoms with Crippen molar-refractivity contribution in [2.45, 2.75) is 55.9 Å². The summed E-state index contributed by atoms with van der Waals surface area (Å²) < 4.78 is 22.0. The number of rotatable bonds is 4. The highest BCUT2D eigenvalue weighted by atomic mass is 127. The molecule has 2 aliphatic rings. The molecule has 2 heterocycles. The summed E-state index contributed by atoms with van der Waals surface area (Å²) >= 11 is 4.86. The summed E-state index contributed by atoms with van der Waals surface area (Å²) in [5, 5.41) is 0. The Bertz CT molecular complexity index is 742. The van der Waals surface area contributed by atoms with Crippen LogP contribution in [-0.2, 0) is 14.2 Å². The van der Waals surface area contributed by atoms with E-state index in [2.05, 4.69) is 93.7 Å². The fraction of sp³-hybridized carbons (Fsp3) is 0.478. The molecular formula is C23H26I2O3. The first kappa shape index (κ1) is 21.0. The van der Waals surface area contributed by atoms with Gasteiger partial charge in [-0.25, -0.2) is 0 Å². The average Bonchev–Trinajstić information content (AvgIpc) is 3.16. The minimum atomic E-state index is -0.503. The van der Waals surface area contributed by atoms with Gasteiger partial charge in [-0.15, -0.1) is 0 Å². The van der Waals surface area contributed by atoms with Crippen molar-refractivity contribution in [3.63, 3.8) is 0 Å². The number of hydrogen-bond acceptors (Lipinski definition) is 3. The Balaban J connectivity index is 1.74. The van der Waals surface area contributed by atoms with Crippen molar-refractivity contribution in [1.29, 1.82) is 0 Å². The molecule has 4 rings (SSSR count). The van der Waals surface area contributed by atoms with E-state index >= 15 is 0 Å². The molecule has 1 spiro atoms. The fourth-order valence-electron chi connectivity index (χ4n) is 4.16. The van der Waals surface area contributed by atoms with Gasteiger partial charge in [-0.3, -0.25) is 0 Å². The first-order chi connectivity index (χ1) is 13.7. The van der Waals surface area contributed by atoms with Crippen LogP contribution in [0.15, 0.2) is 60.7 Å². The third kappa shape index (κ3) is 4.74. The van der Waals surface area contributed by atoms with Crippen LogP contribution < -0.4 is 0 Å². The largest absolute Gasteiger partial charge is 0.366 e. The Morgan fingerprint density at radius 3 is 1.79 bits per heavy atom. The second-order valence-corrected chi connectivity index (χ2v) is 9.34. The zero-order chi connectivity index (χ0) is 19.4. The van der Waals surface area contributed by atoms with Crippen molar-refractivity contribution < 1.29 is 14.2 Å². The van der Waals surface area contributed by atoms with E-state index in [0.717, 1.165) is 45.7 Å². The molecule has 150 valence electrons. The molecule has 2 fully saturated rings. The summed E-state index contributed by atoms with van der Waals surface area (Å²) in [4.78, 5) is 0. The molecule has 0 unspecified atom stereocenters. The minimum absolute atomic E-state index is 0.150. The molecule has 0 N–H and O–H groups in total. The molecule has 0 aliphatic carbocycles. The SMILES string of the molecule is IC[C@H]1CC[C@@]2(CC[C@@H](CI)O2)O[C@H](c2ccccc2)[C@@H](c2ccccc2)O1. The lowest BCUT2D eigenvalue weighted by Crippen LogP contribution is -2.41. The molecule has 5 heteroatoms. The van der Waals surface area contributed by atoms with E-state index < -0.39 is 5.79 Å². The third-order valence-electron chi connectivity index (χ3n) is 5.63. The van der Waals surface area contributed by atoms with Crippen LogP contribution in [0, 0.1) is 0 Å². The number of halogens is 2. The zero-order valence-corrected chi connectivity index (χ0v) is 20.1. The summed E-state index contributed by atoms with van der Waals surface area (Å²) in [7, 11) is 0. The van der Waals surface area contributed by atoms with Gasteiger partial charge in [0.2, 0.25) is 0 Å². The van der Waals surface area contributed by atoms with Gasteiger partial charge in [-0.2, -0.15) is 0 Å². The van der Waals surface area contributed by atoms with Gasteiger partial charge < -0.3 is 14.2 Å². The topological polar surface area (TPSA) is 27.7 Å². The van der Waals surface area contributed by atoms with Gasteiger partial charge in [0.15, 0.2) is 5.79 Å². The molecule has 0 radical (unpaired) electrons. The number of hydrogen-bond donors (Lipinski definition) is 0. The maximum atomic E-state index is 6.86. The first-order valence-corrected chi connectivity index (χ1v) is 13.0. The second-order valence-electron chi connectivity index (χ2n) is 7.58. The van der Waals surface area contributed by atoms with Crippen LogP contribution in [0.25, 0.3) is 0 Å². The minimum Gasteiger partial charge on any atom is -0.366 e. The van der Waals surface area contributed by atoms with E-state index in [0.29, 0.717) is 0 Å². The van der Waals surface area contributed by atoms with Gasteiger partial charge in [-0.1, -0.05) is 106 Å². The lowest BCUT2D eigenvalue weighted by Gasteiger charge is -2.41. The molecule has 5 atom stereocenters. The number of ether oxygens (including phenoxy) is 3.